The molecule has 0 atom stereocenters. The first-order valence-electron chi connectivity index (χ1n) is 11.6. The maximum atomic E-state index is 14.0. The summed E-state index contributed by atoms with van der Waals surface area (Å²) in [6, 6.07) is 17.2. The number of nitrogens with one attached hydrogen (secondary N) is 1. The molecular formula is C26H23FN6O3S. The van der Waals surface area contributed by atoms with Crippen molar-refractivity contribution >= 4 is 35.0 Å². The van der Waals surface area contributed by atoms with E-state index in [1.165, 1.54) is 12.1 Å². The number of carbonyl (C=O) groups excluding carboxylic acids is 2. The number of rotatable bonds is 7. The average molecular weight is 519 g/mol. The summed E-state index contributed by atoms with van der Waals surface area (Å²) < 4.78 is 19.5. The second-order valence-electron chi connectivity index (χ2n) is 8.26. The molecule has 1 aliphatic rings. The average Bonchev–Trinajstić information content (AvgIpc) is 3.42. The Labute approximate surface area is 216 Å². The fraction of sp³-hybridized carbons (Fsp3) is 0.192. The highest BCUT2D eigenvalue weighted by atomic mass is 32.2. The van der Waals surface area contributed by atoms with Crippen molar-refractivity contribution in [2.45, 2.75) is 5.22 Å². The van der Waals surface area contributed by atoms with Gasteiger partial charge in [0.05, 0.1) is 16.9 Å². The van der Waals surface area contributed by atoms with Crippen LogP contribution >= 0.6 is 11.8 Å². The van der Waals surface area contributed by atoms with Crippen LogP contribution in [0.25, 0.3) is 11.5 Å². The van der Waals surface area contributed by atoms with Gasteiger partial charge in [0.2, 0.25) is 11.8 Å². The van der Waals surface area contributed by atoms with E-state index in [-0.39, 0.29) is 23.1 Å². The van der Waals surface area contributed by atoms with E-state index in [4.69, 9.17) is 4.42 Å². The highest BCUT2D eigenvalue weighted by molar-refractivity contribution is 7.99. The van der Waals surface area contributed by atoms with Gasteiger partial charge in [-0.3, -0.25) is 14.6 Å². The number of thioether (sulfide) groups is 1. The van der Waals surface area contributed by atoms with E-state index in [9.17, 15) is 14.0 Å². The quantitative estimate of drug-likeness (QED) is 0.367. The molecule has 37 heavy (non-hydrogen) atoms. The summed E-state index contributed by atoms with van der Waals surface area (Å²) >= 11 is 1.15. The molecule has 4 aromatic rings. The van der Waals surface area contributed by atoms with Crippen LogP contribution in [0.15, 0.2) is 82.7 Å². The van der Waals surface area contributed by atoms with Crippen molar-refractivity contribution in [3.63, 3.8) is 0 Å². The standard InChI is InChI=1S/C26H23FN6O3S/c27-22-6-2-1-5-21(22)25(35)33-14-12-32(13-15-33)20-9-7-19(8-10-20)29-23(34)17-37-26-31-30-24(36-26)18-4-3-11-28-16-18/h1-11,16H,12-15,17H2,(H,29,34). The van der Waals surface area contributed by atoms with Crippen LogP contribution in [-0.4, -0.2) is 63.8 Å². The van der Waals surface area contributed by atoms with Gasteiger partial charge in [0.15, 0.2) is 0 Å². The number of hydrogen-bond acceptors (Lipinski definition) is 8. The van der Waals surface area contributed by atoms with Crippen molar-refractivity contribution < 1.29 is 18.4 Å². The predicted molar refractivity (Wildman–Crippen MR) is 138 cm³/mol. The number of halogens is 1. The van der Waals surface area contributed by atoms with Crippen LogP contribution in [0.5, 0.6) is 0 Å². The lowest BCUT2D eigenvalue weighted by Gasteiger charge is -2.36. The highest BCUT2D eigenvalue weighted by Gasteiger charge is 2.24. The van der Waals surface area contributed by atoms with Gasteiger partial charge in [0.25, 0.3) is 11.1 Å². The molecule has 3 heterocycles. The lowest BCUT2D eigenvalue weighted by molar-refractivity contribution is -0.113. The molecular weight excluding hydrogens is 495 g/mol. The molecule has 2 amide bonds. The zero-order chi connectivity index (χ0) is 25.6. The van der Waals surface area contributed by atoms with E-state index in [0.717, 1.165) is 17.4 Å². The third kappa shape index (κ3) is 5.95. The van der Waals surface area contributed by atoms with Crippen LogP contribution in [0.4, 0.5) is 15.8 Å². The third-order valence-electron chi connectivity index (χ3n) is 5.83. The first-order valence-corrected chi connectivity index (χ1v) is 12.6. The largest absolute Gasteiger partial charge is 0.411 e. The number of anilines is 2. The first kappa shape index (κ1) is 24.4. The highest BCUT2D eigenvalue weighted by Crippen LogP contribution is 2.24. The molecule has 2 aromatic heterocycles. The molecule has 2 aromatic carbocycles. The molecule has 0 unspecified atom stereocenters. The Morgan fingerprint density at radius 3 is 2.49 bits per heavy atom. The van der Waals surface area contributed by atoms with Crippen molar-refractivity contribution in [1.29, 1.82) is 0 Å². The number of amides is 2. The molecule has 1 aliphatic heterocycles. The molecule has 11 heteroatoms. The summed E-state index contributed by atoms with van der Waals surface area (Å²) in [6.07, 6.45) is 3.29. The molecule has 0 radical (unpaired) electrons. The van der Waals surface area contributed by atoms with Crippen LogP contribution in [0.3, 0.4) is 0 Å². The van der Waals surface area contributed by atoms with E-state index in [1.54, 1.807) is 35.5 Å². The monoisotopic (exact) mass is 518 g/mol. The second kappa shape index (κ2) is 11.2. The van der Waals surface area contributed by atoms with Gasteiger partial charge in [-0.15, -0.1) is 10.2 Å². The van der Waals surface area contributed by atoms with Gasteiger partial charge in [-0.1, -0.05) is 23.9 Å². The summed E-state index contributed by atoms with van der Waals surface area (Å²) in [7, 11) is 0. The van der Waals surface area contributed by atoms with E-state index >= 15 is 0 Å². The molecule has 9 nitrogen and oxygen atoms in total. The number of benzene rings is 2. The van der Waals surface area contributed by atoms with Crippen molar-refractivity contribution in [2.24, 2.45) is 0 Å². The smallest absolute Gasteiger partial charge is 0.277 e. The van der Waals surface area contributed by atoms with Crippen molar-refractivity contribution in [2.75, 3.05) is 42.1 Å². The Bertz CT molecular complexity index is 1370. The Balaban J connectivity index is 1.09. The normalized spacial score (nSPS) is 13.4. The number of nitrogens with zero attached hydrogens (tertiary/aromatic N) is 5. The second-order valence-corrected chi connectivity index (χ2v) is 9.18. The number of aromatic nitrogens is 3. The van der Waals surface area contributed by atoms with Gasteiger partial charge >= 0.3 is 0 Å². The van der Waals surface area contributed by atoms with E-state index in [0.29, 0.717) is 48.5 Å². The zero-order valence-corrected chi connectivity index (χ0v) is 20.5. The molecule has 5 rings (SSSR count). The SMILES string of the molecule is O=C(CSc1nnc(-c2cccnc2)o1)Nc1ccc(N2CCN(C(=O)c3ccccc3F)CC2)cc1. The minimum Gasteiger partial charge on any atom is -0.411 e. The first-order chi connectivity index (χ1) is 18.1. The fourth-order valence-electron chi connectivity index (χ4n) is 3.93. The summed E-state index contributed by atoms with van der Waals surface area (Å²) in [4.78, 5) is 32.9. The van der Waals surface area contributed by atoms with Gasteiger partial charge in [0.1, 0.15) is 5.82 Å². The summed E-state index contributed by atoms with van der Waals surface area (Å²) in [6.45, 7) is 2.27. The molecule has 1 saturated heterocycles. The van der Waals surface area contributed by atoms with Gasteiger partial charge in [-0.25, -0.2) is 4.39 Å². The van der Waals surface area contributed by atoms with Crippen LogP contribution < -0.4 is 10.2 Å². The molecule has 0 bridgehead atoms. The minimum absolute atomic E-state index is 0.0993. The Hall–Kier alpha value is -4.25. The summed E-state index contributed by atoms with van der Waals surface area (Å²) in [5, 5.41) is 11.1. The van der Waals surface area contributed by atoms with Crippen molar-refractivity contribution in [3.05, 3.63) is 84.4 Å². The molecule has 0 spiro atoms. The fourth-order valence-corrected chi connectivity index (χ4v) is 4.49. The minimum atomic E-state index is -0.502. The van der Waals surface area contributed by atoms with Crippen LogP contribution in [0.1, 0.15) is 10.4 Å². The lowest BCUT2D eigenvalue weighted by Crippen LogP contribution is -2.49. The van der Waals surface area contributed by atoms with E-state index in [2.05, 4.69) is 25.4 Å². The molecule has 0 aliphatic carbocycles. The van der Waals surface area contributed by atoms with Crippen molar-refractivity contribution in [1.82, 2.24) is 20.1 Å². The Kier molecular flexibility index (Phi) is 7.41. The predicted octanol–water partition coefficient (Wildman–Crippen LogP) is 3.96. The number of hydrogen-bond donors (Lipinski definition) is 1. The van der Waals surface area contributed by atoms with Gasteiger partial charge in [-0.2, -0.15) is 0 Å². The van der Waals surface area contributed by atoms with Gasteiger partial charge < -0.3 is 19.5 Å². The third-order valence-corrected chi connectivity index (χ3v) is 6.65. The summed E-state index contributed by atoms with van der Waals surface area (Å²) in [5.74, 6) is -0.516. The number of piperazine rings is 1. The van der Waals surface area contributed by atoms with Gasteiger partial charge in [0, 0.05) is 49.9 Å². The van der Waals surface area contributed by atoms with E-state index < -0.39 is 5.82 Å². The van der Waals surface area contributed by atoms with Crippen LogP contribution in [-0.2, 0) is 4.79 Å². The van der Waals surface area contributed by atoms with E-state index in [1.807, 2.05) is 30.3 Å². The summed E-state index contributed by atoms with van der Waals surface area (Å²) in [5.41, 5.74) is 2.47. The Morgan fingerprint density at radius 2 is 1.76 bits per heavy atom. The zero-order valence-electron chi connectivity index (χ0n) is 19.7. The molecule has 0 saturated carbocycles. The number of pyridine rings is 1. The lowest BCUT2D eigenvalue weighted by atomic mass is 10.1. The molecule has 1 N–H and O–H groups in total. The maximum Gasteiger partial charge on any atom is 0.277 e. The number of carbonyl (C=O) groups is 2. The van der Waals surface area contributed by atoms with Gasteiger partial charge in [-0.05, 0) is 48.5 Å². The van der Waals surface area contributed by atoms with Crippen molar-refractivity contribution in [3.8, 4) is 11.5 Å². The maximum absolute atomic E-state index is 14.0. The van der Waals surface area contributed by atoms with Crippen LogP contribution in [0, 0.1) is 5.82 Å². The molecule has 1 fully saturated rings. The molecule has 188 valence electrons. The van der Waals surface area contributed by atoms with Crippen LogP contribution in [0.2, 0.25) is 0 Å². The topological polar surface area (TPSA) is 104 Å². The Morgan fingerprint density at radius 1 is 0.973 bits per heavy atom.